The highest BCUT2D eigenvalue weighted by Crippen LogP contribution is 2.30. The van der Waals surface area contributed by atoms with E-state index < -0.39 is 0 Å². The van der Waals surface area contributed by atoms with Gasteiger partial charge in [0.25, 0.3) is 5.91 Å². The fourth-order valence-electron chi connectivity index (χ4n) is 3.46. The molecule has 1 aromatic carbocycles. The number of nitrogens with zero attached hydrogens (tertiary/aromatic N) is 4. The molecule has 2 aromatic heterocycles. The Bertz CT molecular complexity index is 1150. The lowest BCUT2D eigenvalue weighted by Gasteiger charge is -2.14. The molecule has 0 saturated heterocycles. The van der Waals surface area contributed by atoms with Crippen LogP contribution in [0.4, 0.5) is 11.5 Å². The Balaban J connectivity index is 1.37. The third kappa shape index (κ3) is 4.17. The number of fused-ring (bicyclic) bond motifs is 3. The highest BCUT2D eigenvalue weighted by Gasteiger charge is 2.24. The van der Waals surface area contributed by atoms with Crippen molar-refractivity contribution in [1.29, 1.82) is 0 Å². The molecule has 0 spiro atoms. The van der Waals surface area contributed by atoms with Crippen molar-refractivity contribution in [2.24, 2.45) is 5.18 Å². The van der Waals surface area contributed by atoms with Gasteiger partial charge in [0.05, 0.1) is 26.5 Å². The van der Waals surface area contributed by atoms with Gasteiger partial charge in [0.1, 0.15) is 28.0 Å². The number of halogens is 1. The van der Waals surface area contributed by atoms with E-state index in [1.54, 1.807) is 22.7 Å². The molecular formula is C20H21ClN6O4. The molecule has 1 atom stereocenters. The summed E-state index contributed by atoms with van der Waals surface area (Å²) in [6.45, 7) is 3.12. The minimum Gasteiger partial charge on any atom is -0.494 e. The Morgan fingerprint density at radius 1 is 1.45 bits per heavy atom. The van der Waals surface area contributed by atoms with Gasteiger partial charge in [-0.15, -0.1) is 4.91 Å². The predicted octanol–water partition coefficient (Wildman–Crippen LogP) is 3.09. The summed E-state index contributed by atoms with van der Waals surface area (Å²) in [5.41, 5.74) is 2.62. The zero-order valence-corrected chi connectivity index (χ0v) is 17.8. The van der Waals surface area contributed by atoms with Gasteiger partial charge in [-0.3, -0.25) is 4.79 Å². The summed E-state index contributed by atoms with van der Waals surface area (Å²) in [4.78, 5) is 28.0. The average molecular weight is 445 g/mol. The van der Waals surface area contributed by atoms with Crippen LogP contribution in [0.1, 0.15) is 28.4 Å². The van der Waals surface area contributed by atoms with Gasteiger partial charge in [-0.1, -0.05) is 17.7 Å². The van der Waals surface area contributed by atoms with Crippen LogP contribution in [0.2, 0.25) is 5.15 Å². The maximum atomic E-state index is 12.7. The van der Waals surface area contributed by atoms with Gasteiger partial charge in [-0.25, -0.2) is 4.98 Å². The second-order valence-corrected chi connectivity index (χ2v) is 7.55. The van der Waals surface area contributed by atoms with E-state index in [0.29, 0.717) is 22.1 Å². The number of methoxy groups -OCH3 is 1. The first-order valence-corrected chi connectivity index (χ1v) is 10.1. The normalized spacial score (nSPS) is 13.5. The molecule has 0 fully saturated rings. The molecule has 11 heteroatoms. The molecule has 2 N–H and O–H groups in total. The number of aromatic nitrogens is 3. The zero-order valence-electron chi connectivity index (χ0n) is 17.0. The molecular weight excluding hydrogens is 424 g/mol. The van der Waals surface area contributed by atoms with Crippen molar-refractivity contribution in [3.8, 4) is 5.75 Å². The summed E-state index contributed by atoms with van der Waals surface area (Å²) >= 11 is 6.28. The maximum Gasteiger partial charge on any atom is 0.257 e. The van der Waals surface area contributed by atoms with Crippen LogP contribution in [0.5, 0.6) is 5.75 Å². The van der Waals surface area contributed by atoms with E-state index in [1.165, 1.54) is 13.3 Å². The Morgan fingerprint density at radius 3 is 3.06 bits per heavy atom. The number of nitrogens with one attached hydrogen (secondary N) is 2. The Kier molecular flexibility index (Phi) is 6.01. The maximum absolute atomic E-state index is 12.7. The molecule has 1 aliphatic rings. The van der Waals surface area contributed by atoms with E-state index in [1.807, 2.05) is 6.92 Å². The summed E-state index contributed by atoms with van der Waals surface area (Å²) in [5.74, 6) is 0.862. The fraction of sp³-hybridized carbons (Fsp3) is 0.350. The molecule has 1 amide bonds. The first kappa shape index (κ1) is 21.0. The van der Waals surface area contributed by atoms with Gasteiger partial charge >= 0.3 is 0 Å². The van der Waals surface area contributed by atoms with Crippen LogP contribution in [0, 0.1) is 4.91 Å². The lowest BCUT2D eigenvalue weighted by atomic mass is 10.2. The fourth-order valence-corrected chi connectivity index (χ4v) is 3.73. The Morgan fingerprint density at radius 2 is 2.29 bits per heavy atom. The third-order valence-electron chi connectivity index (χ3n) is 4.96. The van der Waals surface area contributed by atoms with Crippen molar-refractivity contribution < 1.29 is 14.3 Å². The van der Waals surface area contributed by atoms with E-state index in [-0.39, 0.29) is 30.9 Å². The number of hydrogen-bond acceptors (Lipinski definition) is 8. The largest absolute Gasteiger partial charge is 0.494 e. The minimum atomic E-state index is -0.315. The van der Waals surface area contributed by atoms with Crippen LogP contribution in [-0.4, -0.2) is 46.8 Å². The molecule has 0 bridgehead atoms. The van der Waals surface area contributed by atoms with Crippen LogP contribution in [0.25, 0.3) is 5.65 Å². The second kappa shape index (κ2) is 8.86. The van der Waals surface area contributed by atoms with Gasteiger partial charge in [0.15, 0.2) is 5.65 Å². The van der Waals surface area contributed by atoms with Crippen molar-refractivity contribution in [1.82, 2.24) is 19.9 Å². The van der Waals surface area contributed by atoms with Crippen molar-refractivity contribution in [2.45, 2.75) is 26.0 Å². The molecule has 0 radical (unpaired) electrons. The van der Waals surface area contributed by atoms with Gasteiger partial charge in [-0.05, 0) is 36.2 Å². The lowest BCUT2D eigenvalue weighted by molar-refractivity contribution is 0.0821. The molecule has 4 rings (SSSR count). The summed E-state index contributed by atoms with van der Waals surface area (Å²) in [7, 11) is 1.47. The van der Waals surface area contributed by atoms with E-state index in [0.717, 1.165) is 29.9 Å². The lowest BCUT2D eigenvalue weighted by Crippen LogP contribution is -2.35. The van der Waals surface area contributed by atoms with Crippen molar-refractivity contribution >= 4 is 34.7 Å². The first-order valence-electron chi connectivity index (χ1n) is 9.70. The SMILES string of the molecule is COc1ccc(COCC(C)NC(=O)c2cnn3c4c(c(Cl)nc23)CCN4)cc1N=O. The number of ether oxygens (including phenoxy) is 2. The number of anilines is 1. The van der Waals surface area contributed by atoms with Crippen LogP contribution in [0.15, 0.2) is 29.6 Å². The van der Waals surface area contributed by atoms with Crippen LogP contribution < -0.4 is 15.4 Å². The van der Waals surface area contributed by atoms with Crippen LogP contribution in [0.3, 0.4) is 0 Å². The van der Waals surface area contributed by atoms with Crippen LogP contribution in [-0.2, 0) is 17.8 Å². The van der Waals surface area contributed by atoms with Crippen molar-refractivity contribution in [3.63, 3.8) is 0 Å². The topological polar surface area (TPSA) is 119 Å². The molecule has 1 aliphatic heterocycles. The van der Waals surface area contributed by atoms with Crippen LogP contribution >= 0.6 is 11.6 Å². The monoisotopic (exact) mass is 444 g/mol. The summed E-state index contributed by atoms with van der Waals surface area (Å²) in [5, 5.41) is 13.7. The number of amides is 1. The number of nitroso groups, excluding NO2 is 1. The number of hydrogen-bond donors (Lipinski definition) is 2. The Hall–Kier alpha value is -3.24. The molecule has 0 aliphatic carbocycles. The van der Waals surface area contributed by atoms with Gasteiger partial charge < -0.3 is 20.1 Å². The number of carbonyl (C=O) groups excluding carboxylic acids is 1. The van der Waals surface area contributed by atoms with Gasteiger partial charge in [0, 0.05) is 18.2 Å². The standard InChI is InChI=1S/C20H21ClN6O4/c1-11(9-31-10-12-3-4-16(30-2)15(7-12)26-29)24-20(28)14-8-23-27-18-13(5-6-22-18)17(21)25-19(14)27/h3-4,7-8,11,22H,5-6,9-10H2,1-2H3,(H,24,28). The highest BCUT2D eigenvalue weighted by molar-refractivity contribution is 6.30. The van der Waals surface area contributed by atoms with Crippen molar-refractivity contribution in [2.75, 3.05) is 25.6 Å². The smallest absolute Gasteiger partial charge is 0.257 e. The molecule has 162 valence electrons. The quantitative estimate of drug-likeness (QED) is 0.404. The molecule has 0 saturated carbocycles. The summed E-state index contributed by atoms with van der Waals surface area (Å²) in [6, 6.07) is 4.79. The number of benzene rings is 1. The second-order valence-electron chi connectivity index (χ2n) is 7.19. The number of carbonyl (C=O) groups is 1. The predicted molar refractivity (Wildman–Crippen MR) is 115 cm³/mol. The Labute approximate surface area is 182 Å². The summed E-state index contributed by atoms with van der Waals surface area (Å²) in [6.07, 6.45) is 2.25. The molecule has 1 unspecified atom stereocenters. The number of rotatable bonds is 8. The van der Waals surface area contributed by atoms with Crippen molar-refractivity contribution in [3.05, 3.63) is 51.1 Å². The third-order valence-corrected chi connectivity index (χ3v) is 5.27. The van der Waals surface area contributed by atoms with E-state index in [9.17, 15) is 9.70 Å². The molecule has 3 aromatic rings. The first-order chi connectivity index (χ1) is 15.0. The van der Waals surface area contributed by atoms with Gasteiger partial charge in [0.2, 0.25) is 0 Å². The zero-order chi connectivity index (χ0) is 22.0. The summed E-state index contributed by atoms with van der Waals surface area (Å²) < 4.78 is 12.3. The highest BCUT2D eigenvalue weighted by atomic mass is 35.5. The van der Waals surface area contributed by atoms with E-state index in [4.69, 9.17) is 21.1 Å². The molecule has 3 heterocycles. The van der Waals surface area contributed by atoms with Gasteiger partial charge in [-0.2, -0.15) is 9.61 Å². The van der Waals surface area contributed by atoms with E-state index >= 15 is 0 Å². The molecule has 10 nitrogen and oxygen atoms in total. The van der Waals surface area contributed by atoms with E-state index in [2.05, 4.69) is 25.9 Å². The minimum absolute atomic E-state index is 0.213. The average Bonchev–Trinajstić information content (AvgIpc) is 3.41. The molecule has 31 heavy (non-hydrogen) atoms.